The first-order chi connectivity index (χ1) is 11.5. The molecule has 8 nitrogen and oxygen atoms in total. The molecule has 2 aromatic carbocycles. The van der Waals surface area contributed by atoms with Crippen LogP contribution in [0.3, 0.4) is 0 Å². The molecule has 3 amide bonds. The number of benzene rings is 2. The Morgan fingerprint density at radius 3 is 2.38 bits per heavy atom. The van der Waals surface area contributed by atoms with Crippen LogP contribution in [0.25, 0.3) is 0 Å². The maximum atomic E-state index is 12.1. The molecule has 0 fully saturated rings. The highest BCUT2D eigenvalue weighted by Crippen LogP contribution is 2.19. The van der Waals surface area contributed by atoms with Gasteiger partial charge in [-0.1, -0.05) is 24.3 Å². The zero-order valence-corrected chi connectivity index (χ0v) is 12.9. The fourth-order valence-corrected chi connectivity index (χ4v) is 2.08. The molecule has 24 heavy (non-hydrogen) atoms. The first kappa shape index (κ1) is 16.9. The molecule has 0 aromatic heterocycles. The van der Waals surface area contributed by atoms with E-state index in [4.69, 9.17) is 0 Å². The highest BCUT2D eigenvalue weighted by atomic mass is 16.6. The standard InChI is InChI=1S/C16H16N4O4/c1-17-16(22)19-13-7-4-6-12(10-13)18-15(21)9-11-5-2-3-8-14(11)20(23)24/h2-8,10H,9H2,1H3,(H,18,21)(H2,17,19,22). The van der Waals surface area contributed by atoms with Crippen molar-refractivity contribution in [3.63, 3.8) is 0 Å². The Hall–Kier alpha value is -3.42. The van der Waals surface area contributed by atoms with Crippen LogP contribution in [0.2, 0.25) is 0 Å². The van der Waals surface area contributed by atoms with Crippen LogP contribution in [0.15, 0.2) is 48.5 Å². The summed E-state index contributed by atoms with van der Waals surface area (Å²) in [5, 5.41) is 18.6. The van der Waals surface area contributed by atoms with Crippen molar-refractivity contribution < 1.29 is 14.5 Å². The number of carbonyl (C=O) groups is 2. The zero-order chi connectivity index (χ0) is 17.5. The highest BCUT2D eigenvalue weighted by molar-refractivity contribution is 5.94. The number of hydrogen-bond acceptors (Lipinski definition) is 4. The zero-order valence-electron chi connectivity index (χ0n) is 12.9. The maximum Gasteiger partial charge on any atom is 0.318 e. The summed E-state index contributed by atoms with van der Waals surface area (Å²) in [5.41, 5.74) is 1.23. The number of para-hydroxylation sites is 1. The number of nitrogens with zero attached hydrogens (tertiary/aromatic N) is 1. The number of nitro benzene ring substituents is 1. The van der Waals surface area contributed by atoms with Gasteiger partial charge in [0.25, 0.3) is 5.69 Å². The van der Waals surface area contributed by atoms with Crippen LogP contribution in [0.4, 0.5) is 21.9 Å². The van der Waals surface area contributed by atoms with Gasteiger partial charge in [-0.3, -0.25) is 14.9 Å². The second-order valence-corrected chi connectivity index (χ2v) is 4.90. The molecule has 124 valence electrons. The molecule has 0 aliphatic carbocycles. The highest BCUT2D eigenvalue weighted by Gasteiger charge is 2.15. The van der Waals surface area contributed by atoms with E-state index in [9.17, 15) is 19.7 Å². The maximum absolute atomic E-state index is 12.1. The van der Waals surface area contributed by atoms with Gasteiger partial charge in [-0.25, -0.2) is 4.79 Å². The van der Waals surface area contributed by atoms with Crippen molar-refractivity contribution in [2.45, 2.75) is 6.42 Å². The summed E-state index contributed by atoms with van der Waals surface area (Å²) in [5.74, 6) is -0.388. The molecule has 8 heteroatoms. The average Bonchev–Trinajstić information content (AvgIpc) is 2.55. The van der Waals surface area contributed by atoms with E-state index in [1.54, 1.807) is 42.5 Å². The molecule has 0 saturated heterocycles. The van der Waals surface area contributed by atoms with Crippen LogP contribution in [-0.4, -0.2) is 23.9 Å². The Balaban J connectivity index is 2.06. The largest absolute Gasteiger partial charge is 0.341 e. The number of urea groups is 1. The summed E-state index contributed by atoms with van der Waals surface area (Å²) < 4.78 is 0. The van der Waals surface area contributed by atoms with Crippen LogP contribution in [0.1, 0.15) is 5.56 Å². The van der Waals surface area contributed by atoms with Gasteiger partial charge in [0.15, 0.2) is 0 Å². The van der Waals surface area contributed by atoms with Crippen molar-refractivity contribution in [3.05, 3.63) is 64.2 Å². The lowest BCUT2D eigenvalue weighted by Crippen LogP contribution is -2.24. The van der Waals surface area contributed by atoms with Gasteiger partial charge in [0, 0.05) is 30.1 Å². The normalized spacial score (nSPS) is 9.88. The lowest BCUT2D eigenvalue weighted by atomic mass is 10.1. The molecule has 0 heterocycles. The summed E-state index contributed by atoms with van der Waals surface area (Å²) in [6.07, 6.45) is -0.121. The molecule has 0 aliphatic rings. The molecule has 0 unspecified atom stereocenters. The predicted octanol–water partition coefficient (Wildman–Crippen LogP) is 2.53. The third-order valence-corrected chi connectivity index (χ3v) is 3.17. The summed E-state index contributed by atoms with van der Waals surface area (Å²) in [7, 11) is 1.49. The van der Waals surface area contributed by atoms with Crippen molar-refractivity contribution >= 4 is 29.0 Å². The lowest BCUT2D eigenvalue weighted by Gasteiger charge is -2.09. The second-order valence-electron chi connectivity index (χ2n) is 4.90. The van der Waals surface area contributed by atoms with Gasteiger partial charge in [0.2, 0.25) is 5.91 Å². The van der Waals surface area contributed by atoms with E-state index in [2.05, 4.69) is 16.0 Å². The first-order valence-electron chi connectivity index (χ1n) is 7.10. The predicted molar refractivity (Wildman–Crippen MR) is 90.0 cm³/mol. The van der Waals surface area contributed by atoms with Crippen LogP contribution < -0.4 is 16.0 Å². The number of anilines is 2. The van der Waals surface area contributed by atoms with E-state index < -0.39 is 4.92 Å². The van der Waals surface area contributed by atoms with Gasteiger partial charge in [0.05, 0.1) is 11.3 Å². The third kappa shape index (κ3) is 4.54. The van der Waals surface area contributed by atoms with Gasteiger partial charge in [-0.05, 0) is 18.2 Å². The van der Waals surface area contributed by atoms with E-state index in [1.165, 1.54) is 13.1 Å². The third-order valence-electron chi connectivity index (χ3n) is 3.17. The number of nitro groups is 1. The van der Waals surface area contributed by atoms with E-state index in [-0.39, 0.29) is 24.0 Å². The molecule has 0 bridgehead atoms. The quantitative estimate of drug-likeness (QED) is 0.578. The summed E-state index contributed by atoms with van der Waals surface area (Å²) in [6.45, 7) is 0. The smallest absolute Gasteiger partial charge is 0.318 e. The number of carbonyl (C=O) groups excluding carboxylic acids is 2. The van der Waals surface area contributed by atoms with Crippen molar-refractivity contribution in [2.24, 2.45) is 0 Å². The molecular formula is C16H16N4O4. The summed E-state index contributed by atoms with van der Waals surface area (Å²) in [4.78, 5) is 33.8. The SMILES string of the molecule is CNC(=O)Nc1cccc(NC(=O)Cc2ccccc2[N+](=O)[O-])c1. The summed E-state index contributed by atoms with van der Waals surface area (Å²) in [6, 6.07) is 12.3. The minimum absolute atomic E-state index is 0.0947. The minimum atomic E-state index is -0.517. The Bertz CT molecular complexity index is 776. The van der Waals surface area contributed by atoms with Gasteiger partial charge in [0.1, 0.15) is 0 Å². The molecule has 2 rings (SSSR count). The van der Waals surface area contributed by atoms with E-state index in [0.29, 0.717) is 16.9 Å². The molecule has 0 spiro atoms. The lowest BCUT2D eigenvalue weighted by molar-refractivity contribution is -0.385. The molecule has 0 radical (unpaired) electrons. The fourth-order valence-electron chi connectivity index (χ4n) is 2.08. The Morgan fingerprint density at radius 2 is 1.71 bits per heavy atom. The van der Waals surface area contributed by atoms with Crippen molar-refractivity contribution in [2.75, 3.05) is 17.7 Å². The number of hydrogen-bond donors (Lipinski definition) is 3. The van der Waals surface area contributed by atoms with Gasteiger partial charge in [-0.2, -0.15) is 0 Å². The first-order valence-corrected chi connectivity index (χ1v) is 7.10. The van der Waals surface area contributed by atoms with Gasteiger partial charge in [-0.15, -0.1) is 0 Å². The monoisotopic (exact) mass is 328 g/mol. The van der Waals surface area contributed by atoms with Crippen LogP contribution in [-0.2, 0) is 11.2 Å². The van der Waals surface area contributed by atoms with Crippen LogP contribution in [0, 0.1) is 10.1 Å². The van der Waals surface area contributed by atoms with Crippen molar-refractivity contribution in [1.29, 1.82) is 0 Å². The molecule has 0 saturated carbocycles. The molecule has 2 aromatic rings. The Labute approximate surface area is 138 Å². The van der Waals surface area contributed by atoms with Crippen molar-refractivity contribution in [3.8, 4) is 0 Å². The minimum Gasteiger partial charge on any atom is -0.341 e. The fraction of sp³-hybridized carbons (Fsp3) is 0.125. The van der Waals surface area contributed by atoms with E-state index in [1.807, 2.05) is 0 Å². The average molecular weight is 328 g/mol. The van der Waals surface area contributed by atoms with Crippen molar-refractivity contribution in [1.82, 2.24) is 5.32 Å². The molecule has 3 N–H and O–H groups in total. The Kier molecular flexibility index (Phi) is 5.45. The van der Waals surface area contributed by atoms with Gasteiger partial charge < -0.3 is 16.0 Å². The van der Waals surface area contributed by atoms with E-state index in [0.717, 1.165) is 0 Å². The van der Waals surface area contributed by atoms with E-state index >= 15 is 0 Å². The van der Waals surface area contributed by atoms with Crippen LogP contribution in [0.5, 0.6) is 0 Å². The van der Waals surface area contributed by atoms with Gasteiger partial charge >= 0.3 is 6.03 Å². The number of nitrogens with one attached hydrogen (secondary N) is 3. The molecular weight excluding hydrogens is 312 g/mol. The second kappa shape index (κ2) is 7.73. The number of amides is 3. The number of rotatable bonds is 5. The Morgan fingerprint density at radius 1 is 1.04 bits per heavy atom. The summed E-state index contributed by atoms with van der Waals surface area (Å²) >= 11 is 0. The molecule has 0 atom stereocenters. The topological polar surface area (TPSA) is 113 Å². The molecule has 0 aliphatic heterocycles. The van der Waals surface area contributed by atoms with Crippen LogP contribution >= 0.6 is 0 Å².